The van der Waals surface area contributed by atoms with Gasteiger partial charge in [0.1, 0.15) is 5.69 Å². The first-order chi connectivity index (χ1) is 6.50. The summed E-state index contributed by atoms with van der Waals surface area (Å²) in [7, 11) is 0. The fraction of sp³-hybridized carbons (Fsp3) is 0.444. The molecular weight excluding hydrogens is 259 g/mol. The van der Waals surface area contributed by atoms with Crippen LogP contribution in [0.1, 0.15) is 30.0 Å². The van der Waals surface area contributed by atoms with Gasteiger partial charge in [-0.3, -0.25) is 4.98 Å². The standard InChI is InChI=1S/C9H7BrF3N/c10-6-3-4-14-8(9(11,12)13)7(6)5-1-2-5/h3-5H,1-2H2. The average molecular weight is 266 g/mol. The van der Waals surface area contributed by atoms with Crippen molar-refractivity contribution in [2.24, 2.45) is 0 Å². The Hall–Kier alpha value is -0.580. The van der Waals surface area contributed by atoms with Crippen LogP contribution in [0.25, 0.3) is 0 Å². The predicted octanol–water partition coefficient (Wildman–Crippen LogP) is 3.74. The minimum atomic E-state index is -4.35. The average Bonchev–Trinajstić information content (AvgIpc) is 2.85. The minimum absolute atomic E-state index is 0.0368. The quantitative estimate of drug-likeness (QED) is 0.754. The first-order valence-electron chi connectivity index (χ1n) is 4.21. The van der Waals surface area contributed by atoms with Crippen molar-refractivity contribution in [2.75, 3.05) is 0 Å². The van der Waals surface area contributed by atoms with Crippen LogP contribution in [0.5, 0.6) is 0 Å². The summed E-state index contributed by atoms with van der Waals surface area (Å²) < 4.78 is 38.1. The monoisotopic (exact) mass is 265 g/mol. The highest BCUT2D eigenvalue weighted by Crippen LogP contribution is 2.47. The van der Waals surface area contributed by atoms with Gasteiger partial charge in [0.05, 0.1) is 0 Å². The van der Waals surface area contributed by atoms with Gasteiger partial charge in [-0.2, -0.15) is 13.2 Å². The maximum atomic E-state index is 12.5. The van der Waals surface area contributed by atoms with Crippen LogP contribution in [0.4, 0.5) is 13.2 Å². The van der Waals surface area contributed by atoms with Gasteiger partial charge in [0.25, 0.3) is 0 Å². The molecule has 1 saturated carbocycles. The Bertz CT molecular complexity index is 358. The minimum Gasteiger partial charge on any atom is -0.251 e. The van der Waals surface area contributed by atoms with Gasteiger partial charge in [0.15, 0.2) is 0 Å². The number of hydrogen-bond donors (Lipinski definition) is 0. The molecule has 1 aliphatic carbocycles. The Labute approximate surface area is 87.5 Å². The molecule has 0 amide bonds. The maximum absolute atomic E-state index is 12.5. The summed E-state index contributed by atoms with van der Waals surface area (Å²) >= 11 is 3.14. The van der Waals surface area contributed by atoms with Crippen molar-refractivity contribution >= 4 is 15.9 Å². The van der Waals surface area contributed by atoms with Crippen LogP contribution in [0.15, 0.2) is 16.7 Å². The van der Waals surface area contributed by atoms with Crippen LogP contribution in [0.3, 0.4) is 0 Å². The summed E-state index contributed by atoms with van der Waals surface area (Å²) in [6.45, 7) is 0. The van der Waals surface area contributed by atoms with E-state index in [9.17, 15) is 13.2 Å². The Morgan fingerprint density at radius 1 is 1.36 bits per heavy atom. The molecule has 2 rings (SSSR count). The Kier molecular flexibility index (Phi) is 2.29. The highest BCUT2D eigenvalue weighted by Gasteiger charge is 2.40. The molecule has 1 aliphatic rings. The molecule has 0 atom stereocenters. The van der Waals surface area contributed by atoms with E-state index in [2.05, 4.69) is 20.9 Å². The van der Waals surface area contributed by atoms with Crippen LogP contribution >= 0.6 is 15.9 Å². The van der Waals surface area contributed by atoms with Crippen molar-refractivity contribution in [3.05, 3.63) is 28.0 Å². The van der Waals surface area contributed by atoms with Crippen molar-refractivity contribution in [1.82, 2.24) is 4.98 Å². The molecule has 0 unspecified atom stereocenters. The molecule has 0 aromatic carbocycles. The van der Waals surface area contributed by atoms with E-state index in [1.54, 1.807) is 6.07 Å². The summed E-state index contributed by atoms with van der Waals surface area (Å²) in [5, 5.41) is 0. The van der Waals surface area contributed by atoms with Gasteiger partial charge in [-0.05, 0) is 24.8 Å². The maximum Gasteiger partial charge on any atom is 0.433 e. The van der Waals surface area contributed by atoms with E-state index >= 15 is 0 Å². The lowest BCUT2D eigenvalue weighted by Gasteiger charge is -2.12. The van der Waals surface area contributed by atoms with Gasteiger partial charge in [-0.15, -0.1) is 0 Å². The molecule has 76 valence electrons. The third-order valence-corrected chi connectivity index (χ3v) is 2.88. The number of halogens is 4. The van der Waals surface area contributed by atoms with Crippen molar-refractivity contribution < 1.29 is 13.2 Å². The largest absolute Gasteiger partial charge is 0.433 e. The van der Waals surface area contributed by atoms with Crippen molar-refractivity contribution in [3.8, 4) is 0 Å². The van der Waals surface area contributed by atoms with Gasteiger partial charge < -0.3 is 0 Å². The van der Waals surface area contributed by atoms with Crippen molar-refractivity contribution in [3.63, 3.8) is 0 Å². The normalized spacial score (nSPS) is 17.1. The molecule has 0 aliphatic heterocycles. The van der Waals surface area contributed by atoms with E-state index in [1.165, 1.54) is 6.20 Å². The van der Waals surface area contributed by atoms with E-state index in [-0.39, 0.29) is 5.92 Å². The zero-order valence-corrected chi connectivity index (χ0v) is 8.69. The van der Waals surface area contributed by atoms with E-state index in [0.29, 0.717) is 10.0 Å². The number of alkyl halides is 3. The molecule has 1 aromatic rings. The number of rotatable bonds is 1. The second-order valence-electron chi connectivity index (χ2n) is 3.33. The fourth-order valence-electron chi connectivity index (χ4n) is 1.44. The SMILES string of the molecule is FC(F)(F)c1nccc(Br)c1C1CC1. The molecule has 1 nitrogen and oxygen atoms in total. The molecule has 14 heavy (non-hydrogen) atoms. The molecule has 0 bridgehead atoms. The molecule has 1 aromatic heterocycles. The summed E-state index contributed by atoms with van der Waals surface area (Å²) in [6, 6.07) is 1.56. The zero-order valence-electron chi connectivity index (χ0n) is 7.11. The second-order valence-corrected chi connectivity index (χ2v) is 4.18. The molecule has 1 fully saturated rings. The highest BCUT2D eigenvalue weighted by molar-refractivity contribution is 9.10. The Morgan fingerprint density at radius 2 is 2.00 bits per heavy atom. The first-order valence-corrected chi connectivity index (χ1v) is 5.01. The number of nitrogens with zero attached hydrogens (tertiary/aromatic N) is 1. The van der Waals surface area contributed by atoms with Gasteiger partial charge in [-0.1, -0.05) is 15.9 Å². The van der Waals surface area contributed by atoms with Crippen LogP contribution in [-0.4, -0.2) is 4.98 Å². The van der Waals surface area contributed by atoms with Gasteiger partial charge in [0.2, 0.25) is 0 Å². The van der Waals surface area contributed by atoms with E-state index < -0.39 is 11.9 Å². The van der Waals surface area contributed by atoms with Crippen LogP contribution in [-0.2, 0) is 6.18 Å². The summed E-state index contributed by atoms with van der Waals surface area (Å²) in [5.74, 6) is 0.0368. The molecule has 0 spiro atoms. The Balaban J connectivity index is 2.53. The molecule has 0 radical (unpaired) electrons. The van der Waals surface area contributed by atoms with Gasteiger partial charge in [-0.25, -0.2) is 0 Å². The lowest BCUT2D eigenvalue weighted by atomic mass is 10.1. The predicted molar refractivity (Wildman–Crippen MR) is 48.9 cm³/mol. The third-order valence-electron chi connectivity index (χ3n) is 2.19. The summed E-state index contributed by atoms with van der Waals surface area (Å²) in [4.78, 5) is 3.42. The fourth-order valence-corrected chi connectivity index (χ4v) is 2.07. The van der Waals surface area contributed by atoms with Crippen LogP contribution < -0.4 is 0 Å². The summed E-state index contributed by atoms with van der Waals surface area (Å²) in [6.07, 6.45) is -1.51. The van der Waals surface area contributed by atoms with Crippen LogP contribution in [0, 0.1) is 0 Å². The molecule has 1 heterocycles. The van der Waals surface area contributed by atoms with E-state index in [0.717, 1.165) is 12.8 Å². The highest BCUT2D eigenvalue weighted by atomic mass is 79.9. The number of aromatic nitrogens is 1. The second kappa shape index (κ2) is 3.22. The molecule has 0 saturated heterocycles. The first kappa shape index (κ1) is 9.96. The van der Waals surface area contributed by atoms with E-state index in [1.807, 2.05) is 0 Å². The Morgan fingerprint density at radius 3 is 2.50 bits per heavy atom. The molecular formula is C9H7BrF3N. The smallest absolute Gasteiger partial charge is 0.251 e. The molecule has 5 heteroatoms. The zero-order chi connectivity index (χ0) is 10.3. The molecule has 0 N–H and O–H groups in total. The van der Waals surface area contributed by atoms with Crippen LogP contribution in [0.2, 0.25) is 0 Å². The summed E-state index contributed by atoms with van der Waals surface area (Å²) in [5.41, 5.74) is -0.422. The van der Waals surface area contributed by atoms with E-state index in [4.69, 9.17) is 0 Å². The van der Waals surface area contributed by atoms with Gasteiger partial charge in [0, 0.05) is 16.2 Å². The topological polar surface area (TPSA) is 12.9 Å². The third kappa shape index (κ3) is 1.78. The van der Waals surface area contributed by atoms with Crippen molar-refractivity contribution in [1.29, 1.82) is 0 Å². The van der Waals surface area contributed by atoms with Crippen molar-refractivity contribution in [2.45, 2.75) is 24.9 Å². The lowest BCUT2D eigenvalue weighted by Crippen LogP contribution is -2.11. The number of hydrogen-bond acceptors (Lipinski definition) is 1. The number of pyridine rings is 1. The lowest BCUT2D eigenvalue weighted by molar-refractivity contribution is -0.141. The van der Waals surface area contributed by atoms with Gasteiger partial charge >= 0.3 is 6.18 Å².